The molecule has 1 aromatic carbocycles. The SMILES string of the molecule is NC[C@@H]1C[C@H]1c1cccc(Br)c1F. The average molecular weight is 244 g/mol. The number of hydrogen-bond acceptors (Lipinski definition) is 1. The van der Waals surface area contributed by atoms with Gasteiger partial charge in [0.1, 0.15) is 5.82 Å². The predicted octanol–water partition coefficient (Wildman–Crippen LogP) is 2.65. The van der Waals surface area contributed by atoms with Crippen molar-refractivity contribution in [2.75, 3.05) is 6.54 Å². The minimum Gasteiger partial charge on any atom is -0.330 e. The first-order valence-electron chi connectivity index (χ1n) is 4.38. The van der Waals surface area contributed by atoms with Gasteiger partial charge in [-0.15, -0.1) is 0 Å². The molecule has 1 aliphatic rings. The Morgan fingerprint density at radius 2 is 2.31 bits per heavy atom. The van der Waals surface area contributed by atoms with E-state index in [9.17, 15) is 4.39 Å². The van der Waals surface area contributed by atoms with Crippen LogP contribution in [0.3, 0.4) is 0 Å². The van der Waals surface area contributed by atoms with Crippen LogP contribution in [0.5, 0.6) is 0 Å². The normalized spacial score (nSPS) is 26.1. The van der Waals surface area contributed by atoms with E-state index in [-0.39, 0.29) is 5.82 Å². The highest BCUT2D eigenvalue weighted by Crippen LogP contribution is 2.48. The summed E-state index contributed by atoms with van der Waals surface area (Å²) in [7, 11) is 0. The first kappa shape index (κ1) is 9.16. The number of rotatable bonds is 2. The van der Waals surface area contributed by atoms with Gasteiger partial charge in [-0.2, -0.15) is 0 Å². The molecule has 0 unspecified atom stereocenters. The maximum atomic E-state index is 13.5. The van der Waals surface area contributed by atoms with Gasteiger partial charge < -0.3 is 5.73 Å². The Bertz CT molecular complexity index is 327. The molecule has 0 spiro atoms. The van der Waals surface area contributed by atoms with E-state index in [2.05, 4.69) is 15.9 Å². The lowest BCUT2D eigenvalue weighted by atomic mass is 10.1. The lowest BCUT2D eigenvalue weighted by molar-refractivity contribution is 0.599. The smallest absolute Gasteiger partial charge is 0.140 e. The zero-order chi connectivity index (χ0) is 9.42. The fourth-order valence-electron chi connectivity index (χ4n) is 1.70. The van der Waals surface area contributed by atoms with Crippen LogP contribution in [0.15, 0.2) is 22.7 Å². The van der Waals surface area contributed by atoms with E-state index in [4.69, 9.17) is 5.73 Å². The minimum absolute atomic E-state index is 0.122. The van der Waals surface area contributed by atoms with Gasteiger partial charge >= 0.3 is 0 Å². The Kier molecular flexibility index (Phi) is 2.39. The van der Waals surface area contributed by atoms with E-state index in [0.29, 0.717) is 22.9 Å². The van der Waals surface area contributed by atoms with Crippen LogP contribution in [0.25, 0.3) is 0 Å². The van der Waals surface area contributed by atoms with Crippen molar-refractivity contribution in [3.63, 3.8) is 0 Å². The highest BCUT2D eigenvalue weighted by atomic mass is 79.9. The van der Waals surface area contributed by atoms with Crippen molar-refractivity contribution < 1.29 is 4.39 Å². The van der Waals surface area contributed by atoms with Crippen LogP contribution in [-0.4, -0.2) is 6.54 Å². The van der Waals surface area contributed by atoms with Gasteiger partial charge in [0.25, 0.3) is 0 Å². The highest BCUT2D eigenvalue weighted by molar-refractivity contribution is 9.10. The van der Waals surface area contributed by atoms with Crippen LogP contribution in [0, 0.1) is 11.7 Å². The molecule has 70 valence electrons. The average Bonchev–Trinajstić information content (AvgIpc) is 2.89. The summed E-state index contributed by atoms with van der Waals surface area (Å²) in [5, 5.41) is 0. The number of benzene rings is 1. The molecule has 1 aliphatic carbocycles. The Morgan fingerprint density at radius 1 is 1.54 bits per heavy atom. The maximum Gasteiger partial charge on any atom is 0.140 e. The molecule has 0 aromatic heterocycles. The van der Waals surface area contributed by atoms with E-state index in [1.807, 2.05) is 12.1 Å². The molecule has 1 fully saturated rings. The molecule has 1 saturated carbocycles. The Labute approximate surface area is 85.3 Å². The molecule has 0 radical (unpaired) electrons. The van der Waals surface area contributed by atoms with Crippen molar-refractivity contribution in [3.8, 4) is 0 Å². The molecule has 2 rings (SSSR count). The van der Waals surface area contributed by atoms with Gasteiger partial charge in [-0.25, -0.2) is 4.39 Å². The van der Waals surface area contributed by atoms with Crippen molar-refractivity contribution in [3.05, 3.63) is 34.1 Å². The fraction of sp³-hybridized carbons (Fsp3) is 0.400. The van der Waals surface area contributed by atoms with E-state index in [0.717, 1.165) is 12.0 Å². The van der Waals surface area contributed by atoms with E-state index < -0.39 is 0 Å². The van der Waals surface area contributed by atoms with Gasteiger partial charge in [-0.1, -0.05) is 12.1 Å². The molecule has 1 nitrogen and oxygen atoms in total. The lowest BCUT2D eigenvalue weighted by Gasteiger charge is -2.02. The topological polar surface area (TPSA) is 26.0 Å². The van der Waals surface area contributed by atoms with E-state index >= 15 is 0 Å². The fourth-order valence-corrected chi connectivity index (χ4v) is 2.08. The Balaban J connectivity index is 2.27. The third-order valence-corrected chi connectivity index (χ3v) is 3.22. The highest BCUT2D eigenvalue weighted by Gasteiger charge is 2.38. The summed E-state index contributed by atoms with van der Waals surface area (Å²) in [6, 6.07) is 5.44. The predicted molar refractivity (Wildman–Crippen MR) is 54.0 cm³/mol. The molecule has 0 aliphatic heterocycles. The summed E-state index contributed by atoms with van der Waals surface area (Å²) >= 11 is 3.18. The minimum atomic E-state index is -0.122. The van der Waals surface area contributed by atoms with Gasteiger partial charge in [0.2, 0.25) is 0 Å². The standard InChI is InChI=1S/C10H11BrFN/c11-9-3-1-2-7(10(9)12)8-4-6(8)5-13/h1-3,6,8H,4-5,13H2/t6-,8+/m0/s1. The van der Waals surface area contributed by atoms with Crippen molar-refractivity contribution in [1.29, 1.82) is 0 Å². The second-order valence-electron chi connectivity index (χ2n) is 3.48. The van der Waals surface area contributed by atoms with E-state index in [1.54, 1.807) is 6.07 Å². The molecule has 13 heavy (non-hydrogen) atoms. The first-order valence-corrected chi connectivity index (χ1v) is 5.17. The van der Waals surface area contributed by atoms with Crippen molar-refractivity contribution >= 4 is 15.9 Å². The quantitative estimate of drug-likeness (QED) is 0.850. The van der Waals surface area contributed by atoms with Gasteiger partial charge in [0.05, 0.1) is 4.47 Å². The molecule has 3 heteroatoms. The third-order valence-electron chi connectivity index (χ3n) is 2.61. The van der Waals surface area contributed by atoms with Crippen LogP contribution in [0.1, 0.15) is 17.9 Å². The summed E-state index contributed by atoms with van der Waals surface area (Å²) in [6.45, 7) is 0.663. The number of nitrogens with two attached hydrogens (primary N) is 1. The summed E-state index contributed by atoms with van der Waals surface area (Å²) in [4.78, 5) is 0. The number of hydrogen-bond donors (Lipinski definition) is 1. The molecular formula is C10H11BrFN. The Hall–Kier alpha value is -0.410. The summed E-state index contributed by atoms with van der Waals surface area (Å²) in [6.07, 6.45) is 1.03. The monoisotopic (exact) mass is 243 g/mol. The molecule has 0 saturated heterocycles. The second kappa shape index (κ2) is 3.39. The zero-order valence-corrected chi connectivity index (χ0v) is 8.72. The molecule has 0 bridgehead atoms. The number of halogens is 2. The largest absolute Gasteiger partial charge is 0.330 e. The molecule has 1 aromatic rings. The van der Waals surface area contributed by atoms with Crippen molar-refractivity contribution in [1.82, 2.24) is 0 Å². The summed E-state index contributed by atoms with van der Waals surface area (Å²) in [5.41, 5.74) is 6.33. The summed E-state index contributed by atoms with van der Waals surface area (Å²) < 4.78 is 14.1. The summed E-state index contributed by atoms with van der Waals surface area (Å²) in [5.74, 6) is 0.717. The van der Waals surface area contributed by atoms with Crippen LogP contribution in [0.2, 0.25) is 0 Å². The second-order valence-corrected chi connectivity index (χ2v) is 4.34. The van der Waals surface area contributed by atoms with Gasteiger partial charge in [-0.05, 0) is 52.4 Å². The maximum absolute atomic E-state index is 13.5. The zero-order valence-electron chi connectivity index (χ0n) is 7.13. The van der Waals surface area contributed by atoms with Gasteiger partial charge in [0.15, 0.2) is 0 Å². The van der Waals surface area contributed by atoms with Gasteiger partial charge in [-0.3, -0.25) is 0 Å². The third kappa shape index (κ3) is 1.63. The molecule has 2 atom stereocenters. The van der Waals surface area contributed by atoms with Crippen molar-refractivity contribution in [2.24, 2.45) is 11.7 Å². The van der Waals surface area contributed by atoms with Crippen molar-refractivity contribution in [2.45, 2.75) is 12.3 Å². The van der Waals surface area contributed by atoms with Crippen LogP contribution in [0.4, 0.5) is 4.39 Å². The van der Waals surface area contributed by atoms with Gasteiger partial charge in [0, 0.05) is 0 Å². The molecular weight excluding hydrogens is 233 g/mol. The Morgan fingerprint density at radius 3 is 2.92 bits per heavy atom. The van der Waals surface area contributed by atoms with Crippen LogP contribution < -0.4 is 5.73 Å². The lowest BCUT2D eigenvalue weighted by Crippen LogP contribution is -2.02. The molecule has 0 amide bonds. The molecule has 0 heterocycles. The van der Waals surface area contributed by atoms with E-state index in [1.165, 1.54) is 0 Å². The van der Waals surface area contributed by atoms with Crippen LogP contribution >= 0.6 is 15.9 Å². The molecule has 2 N–H and O–H groups in total. The van der Waals surface area contributed by atoms with Crippen LogP contribution in [-0.2, 0) is 0 Å². The first-order chi connectivity index (χ1) is 6.24.